The van der Waals surface area contributed by atoms with Crippen LogP contribution in [0.1, 0.15) is 12.8 Å². The first-order chi connectivity index (χ1) is 10.2. The van der Waals surface area contributed by atoms with Crippen LogP contribution >= 0.6 is 0 Å². The molecule has 0 atom stereocenters. The van der Waals surface area contributed by atoms with E-state index < -0.39 is 0 Å². The van der Waals surface area contributed by atoms with Crippen LogP contribution in [0.4, 0.5) is 4.79 Å². The van der Waals surface area contributed by atoms with Crippen molar-refractivity contribution >= 4 is 6.03 Å². The molecule has 0 saturated heterocycles. The molecule has 21 heavy (non-hydrogen) atoms. The molecule has 7 heteroatoms. The highest BCUT2D eigenvalue weighted by Gasteiger charge is 2.15. The summed E-state index contributed by atoms with van der Waals surface area (Å²) in [4.78, 5) is 17.5. The summed E-state index contributed by atoms with van der Waals surface area (Å²) in [6.07, 6.45) is 0. The first-order valence-electron chi connectivity index (χ1n) is 6.61. The van der Waals surface area contributed by atoms with Gasteiger partial charge < -0.3 is 19.5 Å². The second-order valence-corrected chi connectivity index (χ2v) is 4.31. The van der Waals surface area contributed by atoms with Gasteiger partial charge in [0, 0.05) is 19.2 Å². The van der Waals surface area contributed by atoms with Gasteiger partial charge in [0.05, 0.1) is 7.11 Å². The Balaban J connectivity index is 2.11. The van der Waals surface area contributed by atoms with E-state index in [2.05, 4.69) is 15.5 Å². The van der Waals surface area contributed by atoms with Gasteiger partial charge in [0.1, 0.15) is 12.3 Å². The van der Waals surface area contributed by atoms with E-state index >= 15 is 0 Å². The molecule has 2 rings (SSSR count). The standard InChI is InChI=1S/C14H18N4O3/c1-4-18(14(19)15-2)9-12-16-13(17-21-12)10-5-7-11(20-3)8-6-10/h5-8H,4,9H2,1-3H3,(H,15,19). The summed E-state index contributed by atoms with van der Waals surface area (Å²) in [7, 11) is 3.20. The van der Waals surface area contributed by atoms with E-state index in [9.17, 15) is 4.79 Å². The highest BCUT2D eigenvalue weighted by molar-refractivity contribution is 5.73. The van der Waals surface area contributed by atoms with Crippen molar-refractivity contribution in [1.82, 2.24) is 20.4 Å². The van der Waals surface area contributed by atoms with Crippen LogP contribution < -0.4 is 10.1 Å². The number of carbonyl (C=O) groups is 1. The first-order valence-corrected chi connectivity index (χ1v) is 6.61. The SMILES string of the molecule is CCN(Cc1nc(-c2ccc(OC)cc2)no1)C(=O)NC. The third kappa shape index (κ3) is 3.50. The molecule has 0 aliphatic carbocycles. The molecule has 0 aliphatic rings. The second-order valence-electron chi connectivity index (χ2n) is 4.31. The van der Waals surface area contributed by atoms with Gasteiger partial charge in [-0.25, -0.2) is 4.79 Å². The molecule has 0 bridgehead atoms. The van der Waals surface area contributed by atoms with Crippen LogP contribution in [0.2, 0.25) is 0 Å². The molecule has 1 aromatic carbocycles. The third-order valence-corrected chi connectivity index (χ3v) is 3.03. The number of amides is 2. The molecule has 0 radical (unpaired) electrons. The van der Waals surface area contributed by atoms with E-state index in [-0.39, 0.29) is 12.6 Å². The zero-order valence-corrected chi connectivity index (χ0v) is 12.3. The molecule has 0 fully saturated rings. The van der Waals surface area contributed by atoms with Crippen molar-refractivity contribution in [2.45, 2.75) is 13.5 Å². The number of urea groups is 1. The van der Waals surface area contributed by atoms with Gasteiger partial charge in [-0.05, 0) is 31.2 Å². The monoisotopic (exact) mass is 290 g/mol. The number of nitrogens with one attached hydrogen (secondary N) is 1. The Morgan fingerprint density at radius 3 is 2.67 bits per heavy atom. The number of methoxy groups -OCH3 is 1. The topological polar surface area (TPSA) is 80.5 Å². The molecule has 112 valence electrons. The first kappa shape index (κ1) is 14.8. The molecule has 0 saturated carbocycles. The summed E-state index contributed by atoms with van der Waals surface area (Å²) in [6.45, 7) is 2.72. The van der Waals surface area contributed by atoms with Crippen molar-refractivity contribution in [2.24, 2.45) is 0 Å². The zero-order valence-electron chi connectivity index (χ0n) is 12.3. The number of benzene rings is 1. The number of hydrogen-bond acceptors (Lipinski definition) is 5. The van der Waals surface area contributed by atoms with Crippen LogP contribution in [0.3, 0.4) is 0 Å². The molecular formula is C14H18N4O3. The van der Waals surface area contributed by atoms with Gasteiger partial charge in [-0.1, -0.05) is 5.16 Å². The van der Waals surface area contributed by atoms with Gasteiger partial charge in [0.2, 0.25) is 11.7 Å². The Kier molecular flexibility index (Phi) is 4.76. The lowest BCUT2D eigenvalue weighted by molar-refractivity contribution is 0.192. The highest BCUT2D eigenvalue weighted by Crippen LogP contribution is 2.20. The smallest absolute Gasteiger partial charge is 0.317 e. The average Bonchev–Trinajstić information content (AvgIpc) is 3.00. The summed E-state index contributed by atoms with van der Waals surface area (Å²) in [5, 5.41) is 6.50. The van der Waals surface area contributed by atoms with Crippen LogP contribution in [0, 0.1) is 0 Å². The maximum atomic E-state index is 11.6. The lowest BCUT2D eigenvalue weighted by Crippen LogP contribution is -2.37. The Morgan fingerprint density at radius 1 is 1.38 bits per heavy atom. The molecule has 0 aliphatic heterocycles. The zero-order chi connectivity index (χ0) is 15.2. The molecule has 0 spiro atoms. The fraction of sp³-hybridized carbons (Fsp3) is 0.357. The van der Waals surface area contributed by atoms with Crippen LogP contribution in [0.25, 0.3) is 11.4 Å². The van der Waals surface area contributed by atoms with Crippen molar-refractivity contribution in [2.75, 3.05) is 20.7 Å². The number of carbonyl (C=O) groups excluding carboxylic acids is 1. The molecule has 7 nitrogen and oxygen atoms in total. The fourth-order valence-corrected chi connectivity index (χ4v) is 1.83. The Morgan fingerprint density at radius 2 is 2.10 bits per heavy atom. The number of hydrogen-bond donors (Lipinski definition) is 1. The molecule has 1 aromatic heterocycles. The molecule has 1 heterocycles. The summed E-state index contributed by atoms with van der Waals surface area (Å²) < 4.78 is 10.3. The number of ether oxygens (including phenoxy) is 1. The lowest BCUT2D eigenvalue weighted by Gasteiger charge is -2.17. The Hall–Kier alpha value is -2.57. The normalized spacial score (nSPS) is 10.2. The van der Waals surface area contributed by atoms with Crippen LogP contribution in [-0.4, -0.2) is 41.8 Å². The van der Waals surface area contributed by atoms with E-state index in [1.165, 1.54) is 0 Å². The van der Waals surface area contributed by atoms with Gasteiger partial charge in [0.25, 0.3) is 0 Å². The van der Waals surface area contributed by atoms with Gasteiger partial charge in [-0.15, -0.1) is 0 Å². The largest absolute Gasteiger partial charge is 0.497 e. The summed E-state index contributed by atoms with van der Waals surface area (Å²) >= 11 is 0. The number of nitrogens with zero attached hydrogens (tertiary/aromatic N) is 3. The molecular weight excluding hydrogens is 272 g/mol. The summed E-state index contributed by atoms with van der Waals surface area (Å²) in [5.41, 5.74) is 0.828. The van der Waals surface area contributed by atoms with Crippen molar-refractivity contribution in [3.05, 3.63) is 30.2 Å². The quantitative estimate of drug-likeness (QED) is 0.909. The maximum absolute atomic E-state index is 11.6. The van der Waals surface area contributed by atoms with Crippen LogP contribution in [-0.2, 0) is 6.54 Å². The second kappa shape index (κ2) is 6.74. The predicted molar refractivity (Wildman–Crippen MR) is 76.8 cm³/mol. The minimum absolute atomic E-state index is 0.179. The maximum Gasteiger partial charge on any atom is 0.317 e. The van der Waals surface area contributed by atoms with E-state index in [0.29, 0.717) is 18.3 Å². The third-order valence-electron chi connectivity index (χ3n) is 3.03. The van der Waals surface area contributed by atoms with E-state index in [4.69, 9.17) is 9.26 Å². The van der Waals surface area contributed by atoms with Crippen LogP contribution in [0.5, 0.6) is 5.75 Å². The summed E-state index contributed by atoms with van der Waals surface area (Å²) in [6, 6.07) is 7.18. The van der Waals surface area contributed by atoms with Crippen molar-refractivity contribution in [3.63, 3.8) is 0 Å². The minimum Gasteiger partial charge on any atom is -0.497 e. The van der Waals surface area contributed by atoms with Crippen molar-refractivity contribution < 1.29 is 14.1 Å². The molecule has 0 unspecified atom stereocenters. The van der Waals surface area contributed by atoms with Crippen molar-refractivity contribution in [3.8, 4) is 17.1 Å². The fourth-order valence-electron chi connectivity index (χ4n) is 1.83. The molecule has 2 amide bonds. The van der Waals surface area contributed by atoms with Crippen LogP contribution in [0.15, 0.2) is 28.8 Å². The van der Waals surface area contributed by atoms with Gasteiger partial charge in [0.15, 0.2) is 0 Å². The Labute approximate surface area is 122 Å². The van der Waals surface area contributed by atoms with E-state index in [1.807, 2.05) is 31.2 Å². The highest BCUT2D eigenvalue weighted by atomic mass is 16.5. The lowest BCUT2D eigenvalue weighted by atomic mass is 10.2. The number of rotatable bonds is 5. The predicted octanol–water partition coefficient (Wildman–Crippen LogP) is 1.91. The van der Waals surface area contributed by atoms with E-state index in [1.54, 1.807) is 19.1 Å². The molecule has 2 aromatic rings. The minimum atomic E-state index is -0.179. The van der Waals surface area contributed by atoms with Gasteiger partial charge >= 0.3 is 6.03 Å². The summed E-state index contributed by atoms with van der Waals surface area (Å²) in [5.74, 6) is 1.64. The van der Waals surface area contributed by atoms with Gasteiger partial charge in [-0.2, -0.15) is 4.98 Å². The molecule has 1 N–H and O–H groups in total. The van der Waals surface area contributed by atoms with Gasteiger partial charge in [-0.3, -0.25) is 0 Å². The number of aromatic nitrogens is 2. The average molecular weight is 290 g/mol. The van der Waals surface area contributed by atoms with E-state index in [0.717, 1.165) is 11.3 Å². The Bertz CT molecular complexity index is 595. The van der Waals surface area contributed by atoms with Crippen molar-refractivity contribution in [1.29, 1.82) is 0 Å².